The van der Waals surface area contributed by atoms with Crippen LogP contribution in [0.4, 0.5) is 0 Å². The lowest BCUT2D eigenvalue weighted by molar-refractivity contribution is -0.117. The van der Waals surface area contributed by atoms with Gasteiger partial charge < -0.3 is 14.3 Å². The molecule has 0 radical (unpaired) electrons. The Balaban J connectivity index is 1.61. The highest BCUT2D eigenvalue weighted by molar-refractivity contribution is 6.44. The fourth-order valence-corrected chi connectivity index (χ4v) is 3.92. The van der Waals surface area contributed by atoms with Crippen molar-refractivity contribution in [3.05, 3.63) is 58.6 Å². The van der Waals surface area contributed by atoms with Crippen LogP contribution in [-0.4, -0.2) is 27.6 Å². The van der Waals surface area contributed by atoms with Gasteiger partial charge in [0.1, 0.15) is 11.1 Å². The van der Waals surface area contributed by atoms with Crippen LogP contribution in [0, 0.1) is 26.2 Å². The van der Waals surface area contributed by atoms with Crippen molar-refractivity contribution in [1.29, 1.82) is 0 Å². The van der Waals surface area contributed by atoms with Gasteiger partial charge in [0.25, 0.3) is 11.7 Å². The predicted octanol–water partition coefficient (Wildman–Crippen LogP) is 3.28. The maximum absolute atomic E-state index is 13.1. The average molecular weight is 402 g/mol. The van der Waals surface area contributed by atoms with Crippen LogP contribution in [0.5, 0.6) is 0 Å². The Morgan fingerprint density at radius 1 is 1.23 bits per heavy atom. The first-order valence-corrected chi connectivity index (χ1v) is 9.76. The number of ketones is 2. The zero-order chi connectivity index (χ0) is 21.6. The Hall–Kier alpha value is -3.59. The van der Waals surface area contributed by atoms with Crippen LogP contribution < -0.4 is 5.32 Å². The third kappa shape index (κ3) is 3.22. The highest BCUT2D eigenvalue weighted by atomic mass is 16.3. The molecular weight excluding hydrogens is 380 g/mol. The number of hydrogen-bond acceptors (Lipinski definition) is 4. The highest BCUT2D eigenvalue weighted by Crippen LogP contribution is 2.34. The minimum atomic E-state index is -0.730. The summed E-state index contributed by atoms with van der Waals surface area (Å²) in [6, 6.07) is 7.44. The number of rotatable bonds is 6. The molecule has 1 aromatic carbocycles. The summed E-state index contributed by atoms with van der Waals surface area (Å²) in [6.45, 7) is 3.43. The quantitative estimate of drug-likeness (QED) is 0.390. The summed E-state index contributed by atoms with van der Waals surface area (Å²) < 4.78 is 7.02. The largest absolute Gasteiger partial charge is 0.464 e. The first kappa shape index (κ1) is 19.7. The van der Waals surface area contributed by atoms with Crippen LogP contribution in [0.25, 0.3) is 11.0 Å². The van der Waals surface area contributed by atoms with E-state index in [2.05, 4.69) is 11.2 Å². The number of nitrogens with zero attached hydrogens (tertiary/aromatic N) is 1. The molecule has 6 nitrogen and oxygen atoms in total. The second kappa shape index (κ2) is 7.03. The van der Waals surface area contributed by atoms with Gasteiger partial charge in [-0.05, 0) is 56.0 Å². The van der Waals surface area contributed by atoms with Crippen LogP contribution in [0.3, 0.4) is 0 Å². The van der Waals surface area contributed by atoms with Crippen molar-refractivity contribution in [2.75, 3.05) is 0 Å². The molecule has 152 valence electrons. The van der Waals surface area contributed by atoms with Gasteiger partial charge in [0.15, 0.2) is 5.78 Å². The molecule has 0 aliphatic heterocycles. The molecule has 1 saturated carbocycles. The molecule has 1 aliphatic rings. The minimum absolute atomic E-state index is 0.123. The summed E-state index contributed by atoms with van der Waals surface area (Å²) in [5.41, 5.74) is 2.68. The molecule has 6 heteroatoms. The van der Waals surface area contributed by atoms with Crippen LogP contribution in [0.2, 0.25) is 0 Å². The van der Waals surface area contributed by atoms with Gasteiger partial charge in [0.2, 0.25) is 0 Å². The van der Waals surface area contributed by atoms with Crippen LogP contribution in [-0.2, 0) is 18.3 Å². The number of aromatic nitrogens is 1. The molecule has 0 bridgehead atoms. The predicted molar refractivity (Wildman–Crippen MR) is 112 cm³/mol. The molecule has 1 aliphatic carbocycles. The van der Waals surface area contributed by atoms with Crippen molar-refractivity contribution in [3.8, 4) is 12.3 Å². The highest BCUT2D eigenvalue weighted by Gasteiger charge is 2.44. The molecule has 30 heavy (non-hydrogen) atoms. The maximum atomic E-state index is 13.1. The van der Waals surface area contributed by atoms with E-state index in [1.165, 1.54) is 0 Å². The number of carbonyl (C=O) groups excluding carboxylic acids is 3. The Labute approximate surface area is 174 Å². The first-order chi connectivity index (χ1) is 14.3. The Bertz CT molecular complexity index is 1250. The Morgan fingerprint density at radius 2 is 1.97 bits per heavy atom. The second-order valence-corrected chi connectivity index (χ2v) is 7.90. The molecular formula is C24H22N2O4. The number of furan rings is 1. The third-order valence-electron chi connectivity index (χ3n) is 5.89. The van der Waals surface area contributed by atoms with Crippen molar-refractivity contribution in [2.45, 2.75) is 38.6 Å². The van der Waals surface area contributed by atoms with E-state index in [1.54, 1.807) is 31.7 Å². The molecule has 4 rings (SSSR count). The second-order valence-electron chi connectivity index (χ2n) is 7.90. The molecule has 0 unspecified atom stereocenters. The Morgan fingerprint density at radius 3 is 2.63 bits per heavy atom. The van der Waals surface area contributed by atoms with Crippen LogP contribution in [0.15, 0.2) is 34.9 Å². The maximum Gasteiger partial charge on any atom is 0.293 e. The van der Waals surface area contributed by atoms with E-state index in [0.717, 1.165) is 16.5 Å². The summed E-state index contributed by atoms with van der Waals surface area (Å²) >= 11 is 0. The molecule has 2 heterocycles. The van der Waals surface area contributed by atoms with Crippen molar-refractivity contribution in [1.82, 2.24) is 9.88 Å². The van der Waals surface area contributed by atoms with Gasteiger partial charge in [0.05, 0.1) is 17.5 Å². The molecule has 3 aromatic rings. The fourth-order valence-electron chi connectivity index (χ4n) is 3.92. The molecule has 1 N–H and O–H groups in total. The van der Waals surface area contributed by atoms with Gasteiger partial charge in [-0.15, -0.1) is 6.42 Å². The van der Waals surface area contributed by atoms with E-state index in [1.807, 2.05) is 24.3 Å². The van der Waals surface area contributed by atoms with E-state index < -0.39 is 17.2 Å². The van der Waals surface area contributed by atoms with E-state index in [4.69, 9.17) is 10.8 Å². The summed E-state index contributed by atoms with van der Waals surface area (Å²) in [5, 5.41) is 3.58. The number of terminal acetylenes is 1. The Kier molecular flexibility index (Phi) is 4.62. The molecule has 2 aromatic heterocycles. The zero-order valence-corrected chi connectivity index (χ0v) is 17.2. The lowest BCUT2D eigenvalue weighted by atomic mass is 10.00. The fraction of sp³-hybridized carbons (Fsp3) is 0.292. The van der Waals surface area contributed by atoms with Gasteiger partial charge >= 0.3 is 0 Å². The number of fused-ring (bicyclic) bond motifs is 1. The molecule has 0 atom stereocenters. The number of hydrogen-bond donors (Lipinski definition) is 1. The topological polar surface area (TPSA) is 81.3 Å². The first-order valence-electron chi connectivity index (χ1n) is 9.76. The summed E-state index contributed by atoms with van der Waals surface area (Å²) in [6.07, 6.45) is 8.57. The number of Topliss-reactive ketones (excluding diaryl/α,β-unsaturated/α-hetero) is 2. The van der Waals surface area contributed by atoms with Gasteiger partial charge in [0, 0.05) is 24.5 Å². The monoisotopic (exact) mass is 402 g/mol. The van der Waals surface area contributed by atoms with Crippen molar-refractivity contribution in [2.24, 2.45) is 7.05 Å². The lowest BCUT2D eigenvalue weighted by Gasteiger charge is -2.10. The van der Waals surface area contributed by atoms with E-state index in [9.17, 15) is 14.4 Å². The summed E-state index contributed by atoms with van der Waals surface area (Å²) in [7, 11) is 1.73. The number of amides is 1. The minimum Gasteiger partial charge on any atom is -0.464 e. The number of nitrogens with one attached hydrogen (secondary N) is 1. The standard InChI is InChI=1S/C24H22N2O4/c1-5-24(9-10-24)25-23(29)22(28)20-14(2)21(26(4)15(20)3)18(27)13-16-6-7-19-17(12-16)8-11-30-19/h1,6-8,11-12H,9-10,13H2,2-4H3,(H,25,29). The van der Waals surface area contributed by atoms with Crippen molar-refractivity contribution >= 4 is 28.4 Å². The summed E-state index contributed by atoms with van der Waals surface area (Å²) in [4.78, 5) is 38.4. The normalized spacial score (nSPS) is 14.3. The lowest BCUT2D eigenvalue weighted by Crippen LogP contribution is -2.40. The summed E-state index contributed by atoms with van der Waals surface area (Å²) in [5.74, 6) is 1.02. The SMILES string of the molecule is C#CC1(NC(=O)C(=O)c2c(C)c(C(=O)Cc3ccc4occc4c3)n(C)c2C)CC1. The molecule has 1 fully saturated rings. The van der Waals surface area contributed by atoms with Gasteiger partial charge in [-0.25, -0.2) is 0 Å². The van der Waals surface area contributed by atoms with Gasteiger partial charge in [-0.1, -0.05) is 12.0 Å². The van der Waals surface area contributed by atoms with Crippen molar-refractivity contribution in [3.63, 3.8) is 0 Å². The number of benzene rings is 1. The van der Waals surface area contributed by atoms with Crippen molar-refractivity contribution < 1.29 is 18.8 Å². The number of carbonyl (C=O) groups is 3. The van der Waals surface area contributed by atoms with Crippen LogP contribution >= 0.6 is 0 Å². The van der Waals surface area contributed by atoms with Gasteiger partial charge in [-0.3, -0.25) is 14.4 Å². The van der Waals surface area contributed by atoms with E-state index in [0.29, 0.717) is 29.8 Å². The zero-order valence-electron chi connectivity index (χ0n) is 17.2. The van der Waals surface area contributed by atoms with Gasteiger partial charge in [-0.2, -0.15) is 0 Å². The molecule has 0 spiro atoms. The average Bonchev–Trinajstić information content (AvgIpc) is 3.25. The van der Waals surface area contributed by atoms with E-state index in [-0.39, 0.29) is 17.8 Å². The molecule has 0 saturated heterocycles. The third-order valence-corrected chi connectivity index (χ3v) is 5.89. The molecule has 1 amide bonds. The van der Waals surface area contributed by atoms with E-state index >= 15 is 0 Å². The van der Waals surface area contributed by atoms with Crippen LogP contribution in [0.1, 0.15) is 50.5 Å². The smallest absolute Gasteiger partial charge is 0.293 e.